The number of hydrogen-bond acceptors (Lipinski definition) is 4. The molecule has 1 heterocycles. The van der Waals surface area contributed by atoms with Crippen LogP contribution in [0, 0.1) is 0 Å². The Morgan fingerprint density at radius 3 is 1.93 bits per heavy atom. The van der Waals surface area contributed by atoms with Crippen LogP contribution in [0.25, 0.3) is 11.4 Å². The van der Waals surface area contributed by atoms with Gasteiger partial charge in [-0.05, 0) is 37.1 Å². The van der Waals surface area contributed by atoms with Crippen molar-refractivity contribution in [2.45, 2.75) is 71.1 Å². The average molecular weight is 407 g/mol. The molecule has 1 aromatic heterocycles. The van der Waals surface area contributed by atoms with Gasteiger partial charge in [-0.25, -0.2) is 18.7 Å². The molecule has 2 aromatic rings. The lowest BCUT2D eigenvalue weighted by Crippen LogP contribution is -2.08. The fourth-order valence-electron chi connectivity index (χ4n) is 2.88. The van der Waals surface area contributed by atoms with Crippen LogP contribution in [-0.2, 0) is 0 Å². The minimum absolute atomic E-state index is 0.317. The average Bonchev–Trinajstić information content (AvgIpc) is 2.73. The largest absolute Gasteiger partial charge is 0.493 e. The smallest absolute Gasteiger partial charge is 0.159 e. The van der Waals surface area contributed by atoms with Crippen molar-refractivity contribution in [1.82, 2.24) is 9.97 Å². The summed E-state index contributed by atoms with van der Waals surface area (Å²) in [6, 6.07) is 7.39. The Labute approximate surface area is 172 Å². The molecule has 29 heavy (non-hydrogen) atoms. The predicted molar refractivity (Wildman–Crippen MR) is 112 cm³/mol. The minimum atomic E-state index is -0.821. The van der Waals surface area contributed by atoms with Gasteiger partial charge in [-0.15, -0.1) is 0 Å². The molecule has 0 N–H and O–H groups in total. The number of unbranched alkanes of at least 4 members (excludes halogenated alkanes) is 1. The van der Waals surface area contributed by atoms with E-state index in [9.17, 15) is 8.78 Å². The molecule has 160 valence electrons. The van der Waals surface area contributed by atoms with Crippen molar-refractivity contribution in [3.63, 3.8) is 0 Å². The molecule has 4 nitrogen and oxygen atoms in total. The van der Waals surface area contributed by atoms with Gasteiger partial charge >= 0.3 is 0 Å². The highest BCUT2D eigenvalue weighted by atomic mass is 19.1. The Morgan fingerprint density at radius 2 is 1.34 bits per heavy atom. The maximum absolute atomic E-state index is 13.6. The molecule has 0 amide bonds. The van der Waals surface area contributed by atoms with Crippen molar-refractivity contribution in [2.24, 2.45) is 0 Å². The van der Waals surface area contributed by atoms with Crippen LogP contribution in [0.2, 0.25) is 0 Å². The summed E-state index contributed by atoms with van der Waals surface area (Å²) in [7, 11) is 0. The number of aromatic nitrogens is 2. The second kappa shape index (κ2) is 13.1. The summed E-state index contributed by atoms with van der Waals surface area (Å²) in [6.07, 6.45) is 6.26. The Bertz CT molecular complexity index is 680. The van der Waals surface area contributed by atoms with E-state index in [0.29, 0.717) is 56.2 Å². The molecular weight excluding hydrogens is 374 g/mol. The molecule has 2 unspecified atom stereocenters. The van der Waals surface area contributed by atoms with Crippen molar-refractivity contribution in [1.29, 1.82) is 0 Å². The van der Waals surface area contributed by atoms with E-state index in [2.05, 4.69) is 16.9 Å². The van der Waals surface area contributed by atoms with Crippen molar-refractivity contribution < 1.29 is 18.3 Å². The van der Waals surface area contributed by atoms with Crippen LogP contribution in [0.15, 0.2) is 36.7 Å². The second-order valence-electron chi connectivity index (χ2n) is 7.17. The Hall–Kier alpha value is -2.24. The molecule has 6 heteroatoms. The van der Waals surface area contributed by atoms with Crippen molar-refractivity contribution in [3.8, 4) is 22.9 Å². The van der Waals surface area contributed by atoms with Crippen LogP contribution in [-0.4, -0.2) is 35.5 Å². The molecule has 0 aliphatic rings. The number of nitrogens with zero attached hydrogens (tertiary/aromatic N) is 2. The zero-order valence-corrected chi connectivity index (χ0v) is 17.4. The normalized spacial score (nSPS) is 13.1. The molecule has 0 bridgehead atoms. The highest BCUT2D eigenvalue weighted by Crippen LogP contribution is 2.21. The van der Waals surface area contributed by atoms with Crippen LogP contribution >= 0.6 is 0 Å². The van der Waals surface area contributed by atoms with E-state index in [-0.39, 0.29) is 0 Å². The topological polar surface area (TPSA) is 44.2 Å². The summed E-state index contributed by atoms with van der Waals surface area (Å²) in [6.45, 7) is 4.71. The van der Waals surface area contributed by atoms with Crippen molar-refractivity contribution in [2.75, 3.05) is 13.2 Å². The van der Waals surface area contributed by atoms with Crippen LogP contribution in [0.5, 0.6) is 11.5 Å². The summed E-state index contributed by atoms with van der Waals surface area (Å²) in [5.41, 5.74) is 0.849. The third-order valence-electron chi connectivity index (χ3n) is 4.61. The zero-order chi connectivity index (χ0) is 20.9. The lowest BCUT2D eigenvalue weighted by Gasteiger charge is -2.10. The molecule has 2 rings (SSSR count). The maximum atomic E-state index is 13.6. The van der Waals surface area contributed by atoms with Crippen molar-refractivity contribution >= 4 is 0 Å². The molecule has 0 aliphatic carbocycles. The Morgan fingerprint density at radius 1 is 0.759 bits per heavy atom. The number of alkyl halides is 2. The molecule has 0 aliphatic heterocycles. The molecule has 0 saturated heterocycles. The minimum Gasteiger partial charge on any atom is -0.493 e. The molecule has 0 saturated carbocycles. The summed E-state index contributed by atoms with van der Waals surface area (Å²) < 4.78 is 38.2. The third-order valence-corrected chi connectivity index (χ3v) is 4.61. The molecule has 0 spiro atoms. The van der Waals surface area contributed by atoms with Crippen LogP contribution in [0.1, 0.15) is 58.8 Å². The van der Waals surface area contributed by atoms with Gasteiger partial charge in [-0.3, -0.25) is 0 Å². The van der Waals surface area contributed by atoms with E-state index < -0.39 is 12.3 Å². The number of hydrogen-bond donors (Lipinski definition) is 0. The highest BCUT2D eigenvalue weighted by Gasteiger charge is 2.08. The first-order valence-electron chi connectivity index (χ1n) is 10.6. The van der Waals surface area contributed by atoms with E-state index >= 15 is 0 Å². The molecule has 2 atom stereocenters. The van der Waals surface area contributed by atoms with Gasteiger partial charge < -0.3 is 9.47 Å². The number of rotatable bonds is 14. The van der Waals surface area contributed by atoms with Crippen LogP contribution < -0.4 is 9.47 Å². The Balaban J connectivity index is 1.77. The quantitative estimate of drug-likeness (QED) is 0.367. The summed E-state index contributed by atoms with van der Waals surface area (Å²) >= 11 is 0. The van der Waals surface area contributed by atoms with Gasteiger partial charge in [-0.2, -0.15) is 0 Å². The lowest BCUT2D eigenvalue weighted by molar-refractivity contribution is 0.222. The summed E-state index contributed by atoms with van der Waals surface area (Å²) in [5, 5.41) is 0. The predicted octanol–water partition coefficient (Wildman–Crippen LogP) is 6.35. The molecular formula is C23H32F2N2O2. The van der Waals surface area contributed by atoms with Gasteiger partial charge in [0.1, 0.15) is 18.1 Å². The first kappa shape index (κ1) is 23.0. The standard InChI is InChI=1S/C23H32F2N2O2/c1-3-5-7-20(25)13-15-29-22-16-26-23(27-17-22)18-8-10-21(11-9-18)28-14-12-19(24)6-4-2/h8-11,16-17,19-20H,3-7,12-15H2,1-2H3. The SMILES string of the molecule is CCCCC(F)CCOc1cnc(-c2ccc(OCCC(F)CCC)cc2)nc1. The van der Waals surface area contributed by atoms with Crippen LogP contribution in [0.3, 0.4) is 0 Å². The first-order chi connectivity index (χ1) is 14.1. The van der Waals surface area contributed by atoms with E-state index in [4.69, 9.17) is 9.47 Å². The molecule has 1 aromatic carbocycles. The van der Waals surface area contributed by atoms with Gasteiger partial charge in [0.15, 0.2) is 11.6 Å². The van der Waals surface area contributed by atoms with Gasteiger partial charge in [0.25, 0.3) is 0 Å². The van der Waals surface area contributed by atoms with E-state index in [1.165, 1.54) is 0 Å². The number of ether oxygens (including phenoxy) is 2. The molecule has 0 fully saturated rings. The zero-order valence-electron chi connectivity index (χ0n) is 17.4. The van der Waals surface area contributed by atoms with Gasteiger partial charge in [-0.1, -0.05) is 33.1 Å². The Kier molecular flexibility index (Phi) is 10.4. The van der Waals surface area contributed by atoms with Crippen LogP contribution in [0.4, 0.5) is 8.78 Å². The summed E-state index contributed by atoms with van der Waals surface area (Å²) in [4.78, 5) is 8.62. The lowest BCUT2D eigenvalue weighted by atomic mass is 10.1. The first-order valence-corrected chi connectivity index (χ1v) is 10.6. The fraction of sp³-hybridized carbons (Fsp3) is 0.565. The van der Waals surface area contributed by atoms with E-state index in [1.54, 1.807) is 12.4 Å². The van der Waals surface area contributed by atoms with Gasteiger partial charge in [0.05, 0.1) is 25.6 Å². The molecule has 0 radical (unpaired) electrons. The van der Waals surface area contributed by atoms with Crippen molar-refractivity contribution in [3.05, 3.63) is 36.7 Å². The highest BCUT2D eigenvalue weighted by molar-refractivity contribution is 5.56. The number of benzene rings is 1. The van der Waals surface area contributed by atoms with E-state index in [1.807, 2.05) is 31.2 Å². The van der Waals surface area contributed by atoms with Gasteiger partial charge in [0.2, 0.25) is 0 Å². The van der Waals surface area contributed by atoms with Gasteiger partial charge in [0, 0.05) is 18.4 Å². The summed E-state index contributed by atoms with van der Waals surface area (Å²) in [5.74, 6) is 1.80. The third kappa shape index (κ3) is 8.75. The second-order valence-corrected chi connectivity index (χ2v) is 7.17. The number of halogens is 2. The fourth-order valence-corrected chi connectivity index (χ4v) is 2.88. The maximum Gasteiger partial charge on any atom is 0.159 e. The monoisotopic (exact) mass is 406 g/mol. The van der Waals surface area contributed by atoms with E-state index in [0.717, 1.165) is 24.8 Å².